The number of aromatic nitrogens is 2. The number of benzene rings is 1. The summed E-state index contributed by atoms with van der Waals surface area (Å²) in [5, 5.41) is 9.77. The fourth-order valence-corrected chi connectivity index (χ4v) is 1.38. The van der Waals surface area contributed by atoms with Crippen LogP contribution in [0.4, 0.5) is 15.9 Å². The number of nitrogen functional groups attached to an aromatic ring is 1. The maximum absolute atomic E-state index is 13.5. The van der Waals surface area contributed by atoms with Crippen molar-refractivity contribution in [3.05, 3.63) is 46.9 Å². The monoisotopic (exact) mass is 266 g/mol. The lowest BCUT2D eigenvalue weighted by atomic mass is 10.2. The van der Waals surface area contributed by atoms with Gasteiger partial charge < -0.3 is 11.1 Å². The Hall–Kier alpha value is -2.21. The van der Waals surface area contributed by atoms with Crippen LogP contribution in [0.1, 0.15) is 10.4 Å². The van der Waals surface area contributed by atoms with Crippen LogP contribution in [-0.2, 0) is 0 Å². The molecule has 0 saturated carbocycles. The van der Waals surface area contributed by atoms with E-state index in [1.54, 1.807) is 0 Å². The molecule has 92 valence electrons. The molecule has 2 rings (SSSR count). The lowest BCUT2D eigenvalue weighted by Crippen LogP contribution is -2.15. The van der Waals surface area contributed by atoms with Crippen LogP contribution in [0.3, 0.4) is 0 Å². The van der Waals surface area contributed by atoms with Gasteiger partial charge in [0.15, 0.2) is 11.0 Å². The van der Waals surface area contributed by atoms with Crippen molar-refractivity contribution in [1.29, 1.82) is 0 Å². The molecule has 0 fully saturated rings. The van der Waals surface area contributed by atoms with Gasteiger partial charge in [0.2, 0.25) is 0 Å². The minimum Gasteiger partial charge on any atom is -0.399 e. The molecule has 1 aromatic carbocycles. The molecule has 0 aliphatic carbocycles. The van der Waals surface area contributed by atoms with Crippen molar-refractivity contribution in [2.75, 3.05) is 11.1 Å². The molecular weight excluding hydrogens is 259 g/mol. The Morgan fingerprint density at radius 2 is 2.06 bits per heavy atom. The third-order valence-electron chi connectivity index (χ3n) is 2.11. The normalized spacial score (nSPS) is 10.1. The van der Waals surface area contributed by atoms with E-state index in [0.29, 0.717) is 0 Å². The summed E-state index contributed by atoms with van der Waals surface area (Å²) in [6.07, 6.45) is 0. The smallest absolute Gasteiger partial charge is 0.259 e. The van der Waals surface area contributed by atoms with Gasteiger partial charge in [0.05, 0.1) is 5.56 Å². The minimum atomic E-state index is -0.700. The van der Waals surface area contributed by atoms with Gasteiger partial charge in [0.1, 0.15) is 5.82 Å². The maximum atomic E-state index is 13.5. The highest BCUT2D eigenvalue weighted by molar-refractivity contribution is 6.29. The van der Waals surface area contributed by atoms with Crippen LogP contribution in [0.25, 0.3) is 0 Å². The average Bonchev–Trinajstić information content (AvgIpc) is 2.32. The average molecular weight is 267 g/mol. The Morgan fingerprint density at radius 3 is 2.67 bits per heavy atom. The molecule has 18 heavy (non-hydrogen) atoms. The van der Waals surface area contributed by atoms with Crippen molar-refractivity contribution < 1.29 is 9.18 Å². The van der Waals surface area contributed by atoms with E-state index in [1.165, 1.54) is 24.3 Å². The summed E-state index contributed by atoms with van der Waals surface area (Å²) >= 11 is 5.55. The molecular formula is C11H8ClFN4O. The van der Waals surface area contributed by atoms with Crippen molar-refractivity contribution in [3.8, 4) is 0 Å². The van der Waals surface area contributed by atoms with E-state index >= 15 is 0 Å². The number of carbonyl (C=O) groups is 1. The van der Waals surface area contributed by atoms with Crippen molar-refractivity contribution in [2.45, 2.75) is 0 Å². The number of halogens is 2. The molecule has 7 heteroatoms. The first-order valence-electron chi connectivity index (χ1n) is 4.92. The fraction of sp³-hybridized carbons (Fsp3) is 0. The molecule has 0 bridgehead atoms. The molecule has 0 aliphatic heterocycles. The quantitative estimate of drug-likeness (QED) is 0.816. The predicted octanol–water partition coefficient (Wildman–Crippen LogP) is 2.10. The van der Waals surface area contributed by atoms with Crippen molar-refractivity contribution >= 4 is 29.0 Å². The third kappa shape index (κ3) is 2.72. The number of nitrogens with zero attached hydrogens (tertiary/aromatic N) is 2. The van der Waals surface area contributed by atoms with Crippen LogP contribution < -0.4 is 11.1 Å². The minimum absolute atomic E-state index is 0.124. The van der Waals surface area contributed by atoms with Crippen molar-refractivity contribution in [1.82, 2.24) is 10.2 Å². The van der Waals surface area contributed by atoms with E-state index in [1.807, 2.05) is 0 Å². The van der Waals surface area contributed by atoms with Gasteiger partial charge >= 0.3 is 0 Å². The standard InChI is InChI=1S/C11H8ClFN4O/c12-9-3-4-10(17-16-9)15-11(18)7-2-1-6(14)5-8(7)13/h1-5H,14H2,(H,15,17,18). The van der Waals surface area contributed by atoms with Crippen molar-refractivity contribution in [2.24, 2.45) is 0 Å². The zero-order valence-electron chi connectivity index (χ0n) is 9.02. The van der Waals surface area contributed by atoms with Gasteiger partial charge in [-0.3, -0.25) is 4.79 Å². The van der Waals surface area contributed by atoms with Crippen LogP contribution >= 0.6 is 11.6 Å². The Morgan fingerprint density at radius 1 is 1.28 bits per heavy atom. The Balaban J connectivity index is 2.19. The number of amides is 1. The Bertz CT molecular complexity index is 588. The zero-order valence-corrected chi connectivity index (χ0v) is 9.78. The first-order valence-corrected chi connectivity index (χ1v) is 5.29. The molecule has 2 aromatic rings. The van der Waals surface area contributed by atoms with Crippen molar-refractivity contribution in [3.63, 3.8) is 0 Å². The lowest BCUT2D eigenvalue weighted by Gasteiger charge is -2.05. The summed E-state index contributed by atoms with van der Waals surface area (Å²) in [6, 6.07) is 6.73. The molecule has 0 atom stereocenters. The molecule has 0 unspecified atom stereocenters. The Kier molecular flexibility index (Phi) is 3.38. The van der Waals surface area contributed by atoms with E-state index in [9.17, 15) is 9.18 Å². The number of nitrogens with one attached hydrogen (secondary N) is 1. The highest BCUT2D eigenvalue weighted by Gasteiger charge is 2.12. The van der Waals surface area contributed by atoms with Crippen LogP contribution in [0.5, 0.6) is 0 Å². The van der Waals surface area contributed by atoms with E-state index in [0.717, 1.165) is 6.07 Å². The number of rotatable bonds is 2. The molecule has 1 heterocycles. The summed E-state index contributed by atoms with van der Waals surface area (Å²) in [4.78, 5) is 11.7. The highest BCUT2D eigenvalue weighted by atomic mass is 35.5. The van der Waals surface area contributed by atoms with E-state index < -0.39 is 11.7 Å². The molecule has 1 amide bonds. The van der Waals surface area contributed by atoms with Crippen LogP contribution in [-0.4, -0.2) is 16.1 Å². The lowest BCUT2D eigenvalue weighted by molar-refractivity contribution is 0.102. The first kappa shape index (κ1) is 12.3. The van der Waals surface area contributed by atoms with Gasteiger partial charge in [-0.1, -0.05) is 11.6 Å². The predicted molar refractivity (Wildman–Crippen MR) is 65.8 cm³/mol. The largest absolute Gasteiger partial charge is 0.399 e. The third-order valence-corrected chi connectivity index (χ3v) is 2.31. The van der Waals surface area contributed by atoms with E-state index in [2.05, 4.69) is 15.5 Å². The molecule has 0 radical (unpaired) electrons. The second-order valence-corrected chi connectivity index (χ2v) is 3.82. The molecule has 5 nitrogen and oxygen atoms in total. The van der Waals surface area contributed by atoms with Crippen LogP contribution in [0.2, 0.25) is 5.15 Å². The van der Waals surface area contributed by atoms with Gasteiger partial charge in [-0.25, -0.2) is 4.39 Å². The molecule has 3 N–H and O–H groups in total. The molecule has 1 aromatic heterocycles. The number of nitrogens with two attached hydrogens (primary N) is 1. The summed E-state index contributed by atoms with van der Waals surface area (Å²) < 4.78 is 13.5. The van der Waals surface area contributed by atoms with E-state index in [-0.39, 0.29) is 22.2 Å². The molecule has 0 saturated heterocycles. The second-order valence-electron chi connectivity index (χ2n) is 3.43. The summed E-state index contributed by atoms with van der Waals surface area (Å²) in [5.41, 5.74) is 5.51. The fourth-order valence-electron chi connectivity index (χ4n) is 1.28. The summed E-state index contributed by atoms with van der Waals surface area (Å²) in [5.74, 6) is -1.15. The number of hydrogen-bond acceptors (Lipinski definition) is 4. The second kappa shape index (κ2) is 4.97. The first-order chi connectivity index (χ1) is 8.56. The number of hydrogen-bond donors (Lipinski definition) is 2. The number of anilines is 2. The van der Waals surface area contributed by atoms with Gasteiger partial charge in [-0.2, -0.15) is 0 Å². The van der Waals surface area contributed by atoms with Crippen LogP contribution in [0.15, 0.2) is 30.3 Å². The van der Waals surface area contributed by atoms with E-state index in [4.69, 9.17) is 17.3 Å². The molecule has 0 spiro atoms. The Labute approximate surface area is 107 Å². The topological polar surface area (TPSA) is 80.9 Å². The molecule has 0 aliphatic rings. The maximum Gasteiger partial charge on any atom is 0.259 e. The van der Waals surface area contributed by atoms with Crippen LogP contribution in [0, 0.1) is 5.82 Å². The summed E-state index contributed by atoms with van der Waals surface area (Å²) in [7, 11) is 0. The summed E-state index contributed by atoms with van der Waals surface area (Å²) in [6.45, 7) is 0. The van der Waals surface area contributed by atoms with Gasteiger partial charge in [-0.15, -0.1) is 10.2 Å². The zero-order chi connectivity index (χ0) is 13.1. The van der Waals surface area contributed by atoms with Gasteiger partial charge in [0.25, 0.3) is 5.91 Å². The van der Waals surface area contributed by atoms with Gasteiger partial charge in [0, 0.05) is 5.69 Å². The number of carbonyl (C=O) groups excluding carboxylic acids is 1. The SMILES string of the molecule is Nc1ccc(C(=O)Nc2ccc(Cl)nn2)c(F)c1. The van der Waals surface area contributed by atoms with Gasteiger partial charge in [-0.05, 0) is 30.3 Å². The highest BCUT2D eigenvalue weighted by Crippen LogP contribution is 2.14.